The van der Waals surface area contributed by atoms with Gasteiger partial charge in [0, 0.05) is 24.7 Å². The molecule has 1 aromatic rings. The SMILES string of the molecule is CC[C@H](C)NC(=O)[C@H](NC(=O)c1cccc(C)c1)C1CCN(S(=O)(=O)C(C)C)CC1. The second-order valence-corrected chi connectivity index (χ2v) is 11.0. The molecule has 0 aromatic heterocycles. The van der Waals surface area contributed by atoms with E-state index in [9.17, 15) is 18.0 Å². The van der Waals surface area contributed by atoms with Crippen LogP contribution >= 0.6 is 0 Å². The molecule has 0 spiro atoms. The molecule has 1 aliphatic rings. The van der Waals surface area contributed by atoms with Gasteiger partial charge in [0.15, 0.2) is 0 Å². The van der Waals surface area contributed by atoms with E-state index < -0.39 is 21.3 Å². The Kier molecular flexibility index (Phi) is 8.43. The van der Waals surface area contributed by atoms with E-state index in [-0.39, 0.29) is 23.8 Å². The summed E-state index contributed by atoms with van der Waals surface area (Å²) in [5, 5.41) is 5.41. The summed E-state index contributed by atoms with van der Waals surface area (Å²) in [6.45, 7) is 9.89. The number of nitrogens with zero attached hydrogens (tertiary/aromatic N) is 1. The quantitative estimate of drug-likeness (QED) is 0.653. The van der Waals surface area contributed by atoms with Gasteiger partial charge in [0.25, 0.3) is 5.91 Å². The molecule has 2 rings (SSSR count). The Morgan fingerprint density at radius 2 is 1.77 bits per heavy atom. The Bertz CT molecular complexity index is 846. The first-order valence-corrected chi connectivity index (χ1v) is 12.2. The molecule has 8 heteroatoms. The first-order valence-electron chi connectivity index (χ1n) is 10.7. The molecular formula is C22H35N3O4S. The second-order valence-electron chi connectivity index (χ2n) is 8.47. The zero-order valence-electron chi connectivity index (χ0n) is 18.6. The van der Waals surface area contributed by atoms with Gasteiger partial charge in [-0.25, -0.2) is 12.7 Å². The van der Waals surface area contributed by atoms with Crippen LogP contribution in [0.3, 0.4) is 0 Å². The second kappa shape index (κ2) is 10.4. The number of carbonyl (C=O) groups is 2. The Morgan fingerprint density at radius 1 is 1.13 bits per heavy atom. The van der Waals surface area contributed by atoms with Crippen molar-refractivity contribution in [1.82, 2.24) is 14.9 Å². The van der Waals surface area contributed by atoms with E-state index in [2.05, 4.69) is 10.6 Å². The van der Waals surface area contributed by atoms with Gasteiger partial charge in [-0.2, -0.15) is 0 Å². The third-order valence-electron chi connectivity index (χ3n) is 5.78. The van der Waals surface area contributed by atoms with Crippen LogP contribution < -0.4 is 10.6 Å². The molecule has 168 valence electrons. The first-order chi connectivity index (χ1) is 14.1. The summed E-state index contributed by atoms with van der Waals surface area (Å²) in [5.74, 6) is -0.628. The van der Waals surface area contributed by atoms with E-state index in [1.165, 1.54) is 4.31 Å². The number of carbonyl (C=O) groups excluding carboxylic acids is 2. The van der Waals surface area contributed by atoms with E-state index in [1.54, 1.807) is 26.0 Å². The van der Waals surface area contributed by atoms with Crippen LogP contribution in [0.5, 0.6) is 0 Å². The first kappa shape index (κ1) is 24.3. The fraction of sp³-hybridized carbons (Fsp3) is 0.636. The van der Waals surface area contributed by atoms with Crippen molar-refractivity contribution in [3.63, 3.8) is 0 Å². The van der Waals surface area contributed by atoms with Crippen molar-refractivity contribution >= 4 is 21.8 Å². The average Bonchev–Trinajstić information content (AvgIpc) is 2.71. The van der Waals surface area contributed by atoms with Gasteiger partial charge in [-0.15, -0.1) is 0 Å². The Balaban J connectivity index is 2.16. The molecule has 0 saturated carbocycles. The molecule has 1 aromatic carbocycles. The molecule has 0 unspecified atom stereocenters. The van der Waals surface area contributed by atoms with Gasteiger partial charge >= 0.3 is 0 Å². The van der Waals surface area contributed by atoms with Crippen molar-refractivity contribution in [2.24, 2.45) is 5.92 Å². The lowest BCUT2D eigenvalue weighted by atomic mass is 9.89. The van der Waals surface area contributed by atoms with E-state index in [0.29, 0.717) is 31.5 Å². The van der Waals surface area contributed by atoms with Crippen LogP contribution in [0, 0.1) is 12.8 Å². The summed E-state index contributed by atoms with van der Waals surface area (Å²) in [5.41, 5.74) is 1.48. The minimum absolute atomic E-state index is 0.00252. The molecule has 7 nitrogen and oxygen atoms in total. The highest BCUT2D eigenvalue weighted by molar-refractivity contribution is 7.89. The van der Waals surface area contributed by atoms with Crippen molar-refractivity contribution in [1.29, 1.82) is 0 Å². The van der Waals surface area contributed by atoms with Crippen molar-refractivity contribution < 1.29 is 18.0 Å². The minimum atomic E-state index is -3.32. The molecule has 2 N–H and O–H groups in total. The summed E-state index contributed by atoms with van der Waals surface area (Å²) in [7, 11) is -3.32. The molecule has 1 heterocycles. The topological polar surface area (TPSA) is 95.6 Å². The highest BCUT2D eigenvalue weighted by Crippen LogP contribution is 2.25. The standard InChI is InChI=1S/C22H35N3O4S/c1-6-17(5)23-22(27)20(24-21(26)19-9-7-8-16(4)14-19)18-10-12-25(13-11-18)30(28,29)15(2)3/h7-9,14-15,17-18,20H,6,10-13H2,1-5H3,(H,23,27)(H,24,26)/t17-,20+/m0/s1. The Hall–Kier alpha value is -1.93. The summed E-state index contributed by atoms with van der Waals surface area (Å²) in [6, 6.07) is 6.54. The maximum Gasteiger partial charge on any atom is 0.251 e. The smallest absolute Gasteiger partial charge is 0.251 e. The molecule has 2 amide bonds. The van der Waals surface area contributed by atoms with Crippen LogP contribution in [0.4, 0.5) is 0 Å². The number of sulfonamides is 1. The molecule has 1 fully saturated rings. The third-order valence-corrected chi connectivity index (χ3v) is 8.05. The predicted molar refractivity (Wildman–Crippen MR) is 119 cm³/mol. The zero-order valence-corrected chi connectivity index (χ0v) is 19.5. The summed E-state index contributed by atoms with van der Waals surface area (Å²) in [4.78, 5) is 25.8. The molecule has 2 atom stereocenters. The van der Waals surface area contributed by atoms with E-state index in [1.807, 2.05) is 32.9 Å². The number of aryl methyl sites for hydroxylation is 1. The summed E-state index contributed by atoms with van der Waals surface area (Å²) < 4.78 is 26.4. The van der Waals surface area contributed by atoms with Crippen molar-refractivity contribution in [2.45, 2.75) is 71.2 Å². The van der Waals surface area contributed by atoms with Crippen LogP contribution in [0.25, 0.3) is 0 Å². The van der Waals surface area contributed by atoms with Gasteiger partial charge in [-0.05, 0) is 65.0 Å². The molecule has 0 aliphatic carbocycles. The zero-order chi connectivity index (χ0) is 22.5. The highest BCUT2D eigenvalue weighted by atomic mass is 32.2. The lowest BCUT2D eigenvalue weighted by Crippen LogP contribution is -2.55. The van der Waals surface area contributed by atoms with Crippen molar-refractivity contribution in [3.05, 3.63) is 35.4 Å². The summed E-state index contributed by atoms with van der Waals surface area (Å²) >= 11 is 0. The lowest BCUT2D eigenvalue weighted by molar-refractivity contribution is -0.125. The van der Waals surface area contributed by atoms with Gasteiger partial charge in [0.1, 0.15) is 6.04 Å². The van der Waals surface area contributed by atoms with Gasteiger partial charge in [0.05, 0.1) is 5.25 Å². The molecule has 30 heavy (non-hydrogen) atoms. The Labute approximate surface area is 180 Å². The average molecular weight is 438 g/mol. The van der Waals surface area contributed by atoms with Crippen LogP contribution in [-0.2, 0) is 14.8 Å². The number of rotatable bonds is 8. The number of benzene rings is 1. The van der Waals surface area contributed by atoms with Gasteiger partial charge in [-0.3, -0.25) is 9.59 Å². The normalized spacial score (nSPS) is 18.1. The van der Waals surface area contributed by atoms with Gasteiger partial charge in [0.2, 0.25) is 15.9 Å². The van der Waals surface area contributed by atoms with Crippen LogP contribution in [-0.4, -0.2) is 55.0 Å². The number of nitrogens with one attached hydrogen (secondary N) is 2. The fourth-order valence-corrected chi connectivity index (χ4v) is 4.92. The van der Waals surface area contributed by atoms with E-state index in [4.69, 9.17) is 0 Å². The largest absolute Gasteiger partial charge is 0.352 e. The van der Waals surface area contributed by atoms with Crippen LogP contribution in [0.2, 0.25) is 0 Å². The van der Waals surface area contributed by atoms with Gasteiger partial charge < -0.3 is 10.6 Å². The number of hydrogen-bond donors (Lipinski definition) is 2. The maximum atomic E-state index is 13.0. The molecule has 1 aliphatic heterocycles. The monoisotopic (exact) mass is 437 g/mol. The number of hydrogen-bond acceptors (Lipinski definition) is 4. The third kappa shape index (κ3) is 6.04. The highest BCUT2D eigenvalue weighted by Gasteiger charge is 2.36. The maximum absolute atomic E-state index is 13.0. The van der Waals surface area contributed by atoms with Crippen LogP contribution in [0.15, 0.2) is 24.3 Å². The number of piperidine rings is 1. The van der Waals surface area contributed by atoms with Crippen molar-refractivity contribution in [3.8, 4) is 0 Å². The summed E-state index contributed by atoms with van der Waals surface area (Å²) in [6.07, 6.45) is 1.84. The van der Waals surface area contributed by atoms with Crippen molar-refractivity contribution in [2.75, 3.05) is 13.1 Å². The minimum Gasteiger partial charge on any atom is -0.352 e. The number of amides is 2. The molecule has 0 bridgehead atoms. The van der Waals surface area contributed by atoms with Crippen LogP contribution in [0.1, 0.15) is 62.9 Å². The molecule has 1 saturated heterocycles. The van der Waals surface area contributed by atoms with E-state index >= 15 is 0 Å². The molecule has 0 radical (unpaired) electrons. The predicted octanol–water partition coefficient (Wildman–Crippen LogP) is 2.46. The fourth-order valence-electron chi connectivity index (χ4n) is 3.60. The Morgan fingerprint density at radius 3 is 2.30 bits per heavy atom. The lowest BCUT2D eigenvalue weighted by Gasteiger charge is -2.36. The molecular weight excluding hydrogens is 402 g/mol. The van der Waals surface area contributed by atoms with Gasteiger partial charge in [-0.1, -0.05) is 24.6 Å². The van der Waals surface area contributed by atoms with E-state index in [0.717, 1.165) is 12.0 Å².